The first kappa shape index (κ1) is 19.2. The van der Waals surface area contributed by atoms with Crippen molar-refractivity contribution >= 4 is 17.5 Å². The number of carbonyl (C=O) groups is 2. The van der Waals surface area contributed by atoms with Crippen molar-refractivity contribution in [2.75, 3.05) is 12.1 Å². The second kappa shape index (κ2) is 8.51. The van der Waals surface area contributed by atoms with E-state index in [2.05, 4.69) is 10.6 Å². The summed E-state index contributed by atoms with van der Waals surface area (Å²) in [6.45, 7) is 0.641. The van der Waals surface area contributed by atoms with Gasteiger partial charge in [-0.05, 0) is 55.5 Å². The Balaban J connectivity index is 1.24. The van der Waals surface area contributed by atoms with E-state index in [0.29, 0.717) is 43.7 Å². The first-order valence-corrected chi connectivity index (χ1v) is 9.82. The van der Waals surface area contributed by atoms with E-state index in [4.69, 9.17) is 9.47 Å². The second-order valence-electron chi connectivity index (χ2n) is 7.42. The van der Waals surface area contributed by atoms with Gasteiger partial charge in [0.05, 0.1) is 5.69 Å². The molecule has 2 aromatic carbocycles. The molecular weight excluding hydrogens is 375 g/mol. The summed E-state index contributed by atoms with van der Waals surface area (Å²) in [6, 6.07) is 11.7. The molecule has 7 heteroatoms. The summed E-state index contributed by atoms with van der Waals surface area (Å²) in [7, 11) is 0. The molecule has 2 aliphatic rings. The topological polar surface area (TPSA) is 76.7 Å². The molecule has 0 bridgehead atoms. The van der Waals surface area contributed by atoms with E-state index in [1.807, 2.05) is 18.2 Å². The number of ether oxygens (including phenoxy) is 2. The summed E-state index contributed by atoms with van der Waals surface area (Å²) in [5.41, 5.74) is 1.14. The molecular formula is C22H23FN2O4. The second-order valence-corrected chi connectivity index (χ2v) is 7.42. The fourth-order valence-corrected chi connectivity index (χ4v) is 3.80. The van der Waals surface area contributed by atoms with Gasteiger partial charge in [-0.15, -0.1) is 0 Å². The van der Waals surface area contributed by atoms with E-state index >= 15 is 0 Å². The number of fused-ring (bicyclic) bond motifs is 1. The van der Waals surface area contributed by atoms with Gasteiger partial charge in [-0.25, -0.2) is 4.39 Å². The molecule has 29 heavy (non-hydrogen) atoms. The number of para-hydroxylation sites is 1. The van der Waals surface area contributed by atoms with Crippen LogP contribution in [0.5, 0.6) is 11.5 Å². The van der Waals surface area contributed by atoms with Crippen molar-refractivity contribution in [1.82, 2.24) is 5.32 Å². The number of rotatable bonds is 5. The zero-order valence-corrected chi connectivity index (χ0v) is 15.9. The molecule has 1 heterocycles. The molecule has 152 valence electrons. The highest BCUT2D eigenvalue weighted by Crippen LogP contribution is 2.33. The minimum Gasteiger partial charge on any atom is -0.454 e. The van der Waals surface area contributed by atoms with Gasteiger partial charge in [0.1, 0.15) is 5.82 Å². The molecule has 0 saturated heterocycles. The molecule has 1 aliphatic heterocycles. The summed E-state index contributed by atoms with van der Waals surface area (Å²) < 4.78 is 24.3. The minimum absolute atomic E-state index is 0.00405. The summed E-state index contributed by atoms with van der Waals surface area (Å²) in [5, 5.41) is 5.62. The van der Waals surface area contributed by atoms with Crippen LogP contribution < -0.4 is 20.1 Å². The van der Waals surface area contributed by atoms with Crippen LogP contribution in [0.1, 0.15) is 31.2 Å². The molecule has 0 unspecified atom stereocenters. The van der Waals surface area contributed by atoms with Crippen molar-refractivity contribution < 1.29 is 23.5 Å². The first-order chi connectivity index (χ1) is 14.1. The molecule has 0 atom stereocenters. The van der Waals surface area contributed by atoms with Gasteiger partial charge in [-0.2, -0.15) is 0 Å². The number of anilines is 1. The molecule has 1 aliphatic carbocycles. The molecule has 1 fully saturated rings. The minimum atomic E-state index is -0.447. The third kappa shape index (κ3) is 4.50. The largest absolute Gasteiger partial charge is 0.454 e. The molecule has 1 saturated carbocycles. The Hall–Kier alpha value is -3.09. The van der Waals surface area contributed by atoms with Crippen LogP contribution in [0.2, 0.25) is 0 Å². The van der Waals surface area contributed by atoms with Gasteiger partial charge in [0.2, 0.25) is 18.6 Å². The van der Waals surface area contributed by atoms with E-state index < -0.39 is 5.82 Å². The number of amides is 2. The Bertz CT molecular complexity index is 909. The normalized spacial score (nSPS) is 20.2. The fourth-order valence-electron chi connectivity index (χ4n) is 3.80. The maximum atomic E-state index is 13.7. The number of nitrogens with one attached hydrogen (secondary N) is 2. The predicted molar refractivity (Wildman–Crippen MR) is 105 cm³/mol. The summed E-state index contributed by atoms with van der Waals surface area (Å²) in [4.78, 5) is 24.9. The molecule has 0 radical (unpaired) electrons. The van der Waals surface area contributed by atoms with E-state index in [9.17, 15) is 14.0 Å². The average molecular weight is 398 g/mol. The van der Waals surface area contributed by atoms with Gasteiger partial charge in [0.15, 0.2) is 11.5 Å². The van der Waals surface area contributed by atoms with E-state index in [1.54, 1.807) is 18.2 Å². The summed E-state index contributed by atoms with van der Waals surface area (Å²) in [6.07, 6.45) is 2.51. The van der Waals surface area contributed by atoms with E-state index in [1.165, 1.54) is 6.07 Å². The lowest BCUT2D eigenvalue weighted by molar-refractivity contribution is -0.128. The first-order valence-electron chi connectivity index (χ1n) is 9.82. The van der Waals surface area contributed by atoms with Crippen LogP contribution in [0.25, 0.3) is 0 Å². The number of hydrogen-bond donors (Lipinski definition) is 2. The van der Waals surface area contributed by atoms with Crippen molar-refractivity contribution in [2.45, 2.75) is 32.2 Å². The van der Waals surface area contributed by atoms with Gasteiger partial charge in [0.25, 0.3) is 0 Å². The van der Waals surface area contributed by atoms with Gasteiger partial charge >= 0.3 is 0 Å². The van der Waals surface area contributed by atoms with Crippen molar-refractivity contribution in [1.29, 1.82) is 0 Å². The van der Waals surface area contributed by atoms with Gasteiger partial charge in [-0.3, -0.25) is 9.59 Å². The zero-order chi connectivity index (χ0) is 20.2. The molecule has 2 amide bonds. The summed E-state index contributed by atoms with van der Waals surface area (Å²) >= 11 is 0. The Labute approximate surface area is 168 Å². The smallest absolute Gasteiger partial charge is 0.231 e. The van der Waals surface area contributed by atoms with Crippen molar-refractivity contribution in [3.05, 3.63) is 53.8 Å². The van der Waals surface area contributed by atoms with Crippen LogP contribution in [0.15, 0.2) is 42.5 Å². The summed E-state index contributed by atoms with van der Waals surface area (Å²) in [5.74, 6) is 0.460. The van der Waals surface area contributed by atoms with E-state index in [-0.39, 0.29) is 36.1 Å². The highest BCUT2D eigenvalue weighted by Gasteiger charge is 2.30. The van der Waals surface area contributed by atoms with Gasteiger partial charge in [0, 0.05) is 18.4 Å². The molecule has 0 spiro atoms. The van der Waals surface area contributed by atoms with Crippen LogP contribution in [0.3, 0.4) is 0 Å². The Morgan fingerprint density at radius 3 is 2.38 bits per heavy atom. The average Bonchev–Trinajstić information content (AvgIpc) is 3.21. The van der Waals surface area contributed by atoms with Gasteiger partial charge < -0.3 is 20.1 Å². The SMILES string of the molecule is O=C(NCc1ccc2c(c1)OCO2)C1CCC(C(=O)Nc2ccccc2F)CC1. The fraction of sp³-hybridized carbons (Fsp3) is 0.364. The Morgan fingerprint density at radius 1 is 0.931 bits per heavy atom. The highest BCUT2D eigenvalue weighted by molar-refractivity contribution is 5.92. The Kier molecular flexibility index (Phi) is 5.64. The molecule has 2 aromatic rings. The number of carbonyl (C=O) groups excluding carboxylic acids is 2. The van der Waals surface area contributed by atoms with Crippen molar-refractivity contribution in [3.63, 3.8) is 0 Å². The number of hydrogen-bond acceptors (Lipinski definition) is 4. The zero-order valence-electron chi connectivity index (χ0n) is 15.9. The molecule has 0 aromatic heterocycles. The monoisotopic (exact) mass is 398 g/mol. The number of halogens is 1. The van der Waals surface area contributed by atoms with Crippen molar-refractivity contribution in [2.24, 2.45) is 11.8 Å². The third-order valence-electron chi connectivity index (χ3n) is 5.50. The quantitative estimate of drug-likeness (QED) is 0.807. The molecule has 2 N–H and O–H groups in total. The molecule has 6 nitrogen and oxygen atoms in total. The lowest BCUT2D eigenvalue weighted by Crippen LogP contribution is -2.35. The lowest BCUT2D eigenvalue weighted by atomic mass is 9.81. The maximum Gasteiger partial charge on any atom is 0.231 e. The van der Waals surface area contributed by atoms with E-state index in [0.717, 1.165) is 5.56 Å². The lowest BCUT2D eigenvalue weighted by Gasteiger charge is -2.27. The van der Waals surface area contributed by atoms with Crippen molar-refractivity contribution in [3.8, 4) is 11.5 Å². The third-order valence-corrected chi connectivity index (χ3v) is 5.50. The maximum absolute atomic E-state index is 13.7. The van der Waals surface area contributed by atoms with Crippen LogP contribution in [0, 0.1) is 17.7 Å². The van der Waals surface area contributed by atoms with Crippen LogP contribution in [-0.2, 0) is 16.1 Å². The number of benzene rings is 2. The van der Waals surface area contributed by atoms with Crippen LogP contribution in [0.4, 0.5) is 10.1 Å². The predicted octanol–water partition coefficient (Wildman–Crippen LogP) is 3.62. The molecule has 4 rings (SSSR count). The Morgan fingerprint density at radius 2 is 1.62 bits per heavy atom. The van der Waals surface area contributed by atoms with Crippen LogP contribution >= 0.6 is 0 Å². The standard InChI is InChI=1S/C22H23FN2O4/c23-17-3-1-2-4-18(17)25-22(27)16-8-6-15(7-9-16)21(26)24-12-14-5-10-19-20(11-14)29-13-28-19/h1-5,10-11,15-16H,6-9,12-13H2,(H,24,26)(H,25,27). The highest BCUT2D eigenvalue weighted by atomic mass is 19.1. The van der Waals surface area contributed by atoms with Gasteiger partial charge in [-0.1, -0.05) is 18.2 Å². The van der Waals surface area contributed by atoms with Crippen LogP contribution in [-0.4, -0.2) is 18.6 Å².